The third-order valence-corrected chi connectivity index (χ3v) is 4.33. The van der Waals surface area contributed by atoms with E-state index in [-0.39, 0.29) is 5.82 Å². The summed E-state index contributed by atoms with van der Waals surface area (Å²) in [5.74, 6) is 0.961. The van der Waals surface area contributed by atoms with Gasteiger partial charge in [-0.25, -0.2) is 4.39 Å². The van der Waals surface area contributed by atoms with Gasteiger partial charge in [0.1, 0.15) is 5.82 Å². The van der Waals surface area contributed by atoms with Crippen molar-refractivity contribution in [1.82, 2.24) is 0 Å². The number of aryl methyl sites for hydroxylation is 1. The number of aliphatic hydroxyl groups is 1. The molecule has 2 rings (SSSR count). The molecule has 1 fully saturated rings. The summed E-state index contributed by atoms with van der Waals surface area (Å²) in [6, 6.07) is 4.76. The van der Waals surface area contributed by atoms with E-state index in [1.165, 1.54) is 18.6 Å². The molecule has 1 N–H and O–H groups in total. The Kier molecular flexibility index (Phi) is 4.29. The van der Waals surface area contributed by atoms with E-state index in [1.807, 2.05) is 6.92 Å². The maximum absolute atomic E-state index is 13.5. The van der Waals surface area contributed by atoms with Crippen LogP contribution >= 0.6 is 0 Å². The zero-order valence-electron chi connectivity index (χ0n) is 12.2. The molecule has 0 saturated heterocycles. The number of halogens is 1. The molecule has 1 aliphatic rings. The first-order valence-corrected chi connectivity index (χ1v) is 7.40. The lowest BCUT2D eigenvalue weighted by atomic mass is 9.71. The molecule has 0 spiro atoms. The first-order chi connectivity index (χ1) is 8.90. The second-order valence-corrected chi connectivity index (χ2v) is 6.58. The molecule has 1 nitrogen and oxygen atoms in total. The number of hydrogen-bond donors (Lipinski definition) is 1. The van der Waals surface area contributed by atoms with Crippen LogP contribution in [0.5, 0.6) is 0 Å². The summed E-state index contributed by atoms with van der Waals surface area (Å²) in [5.41, 5.74) is 0.958. The molecule has 1 aromatic carbocycles. The Morgan fingerprint density at radius 1 is 1.42 bits per heavy atom. The Morgan fingerprint density at radius 2 is 2.16 bits per heavy atom. The molecule has 0 amide bonds. The Morgan fingerprint density at radius 3 is 2.84 bits per heavy atom. The van der Waals surface area contributed by atoms with Crippen molar-refractivity contribution in [2.45, 2.75) is 58.5 Å². The maximum atomic E-state index is 13.5. The summed E-state index contributed by atoms with van der Waals surface area (Å²) in [6.45, 7) is 6.40. The monoisotopic (exact) mass is 264 g/mol. The van der Waals surface area contributed by atoms with Gasteiger partial charge in [-0.1, -0.05) is 26.3 Å². The Hall–Kier alpha value is -0.890. The van der Waals surface area contributed by atoms with Crippen LogP contribution in [0.2, 0.25) is 0 Å². The topological polar surface area (TPSA) is 20.2 Å². The minimum absolute atomic E-state index is 0.250. The van der Waals surface area contributed by atoms with Crippen LogP contribution in [0.4, 0.5) is 4.39 Å². The largest absolute Gasteiger partial charge is 0.385 e. The van der Waals surface area contributed by atoms with E-state index in [0.29, 0.717) is 11.8 Å². The van der Waals surface area contributed by atoms with Crippen LogP contribution in [0.3, 0.4) is 0 Å². The van der Waals surface area contributed by atoms with Crippen LogP contribution in [0, 0.1) is 24.6 Å². The second kappa shape index (κ2) is 5.62. The van der Waals surface area contributed by atoms with E-state index in [1.54, 1.807) is 6.07 Å². The highest BCUT2D eigenvalue weighted by Gasteiger charge is 2.37. The summed E-state index contributed by atoms with van der Waals surface area (Å²) in [6.07, 6.45) is 4.90. The minimum atomic E-state index is -0.829. The van der Waals surface area contributed by atoms with Crippen molar-refractivity contribution in [3.8, 4) is 0 Å². The van der Waals surface area contributed by atoms with Crippen LogP contribution in [0.15, 0.2) is 18.2 Å². The van der Waals surface area contributed by atoms with E-state index in [9.17, 15) is 9.50 Å². The molecule has 19 heavy (non-hydrogen) atoms. The molecular formula is C17H25FO. The predicted octanol–water partition coefficient (Wildman–Crippen LogP) is 4.56. The highest BCUT2D eigenvalue weighted by molar-refractivity contribution is 5.32. The maximum Gasteiger partial charge on any atom is 0.123 e. The average molecular weight is 264 g/mol. The fraction of sp³-hybridized carbons (Fsp3) is 0.647. The van der Waals surface area contributed by atoms with Crippen molar-refractivity contribution in [3.63, 3.8) is 0 Å². The van der Waals surface area contributed by atoms with Gasteiger partial charge in [0.2, 0.25) is 0 Å². The Balaban J connectivity index is 2.23. The van der Waals surface area contributed by atoms with Crippen molar-refractivity contribution in [3.05, 3.63) is 35.1 Å². The van der Waals surface area contributed by atoms with Crippen molar-refractivity contribution in [2.24, 2.45) is 11.8 Å². The molecule has 2 unspecified atom stereocenters. The molecule has 0 aliphatic heterocycles. The third kappa shape index (κ3) is 3.36. The van der Waals surface area contributed by atoms with Crippen molar-refractivity contribution >= 4 is 0 Å². The molecule has 2 atom stereocenters. The van der Waals surface area contributed by atoms with E-state index >= 15 is 0 Å². The quantitative estimate of drug-likeness (QED) is 0.848. The lowest BCUT2D eigenvalue weighted by Gasteiger charge is -2.38. The van der Waals surface area contributed by atoms with Crippen LogP contribution in [-0.2, 0) is 5.60 Å². The summed E-state index contributed by atoms with van der Waals surface area (Å²) < 4.78 is 13.5. The number of rotatable bonds is 3. The van der Waals surface area contributed by atoms with Crippen molar-refractivity contribution in [1.29, 1.82) is 0 Å². The van der Waals surface area contributed by atoms with E-state index < -0.39 is 5.60 Å². The molecular weight excluding hydrogens is 239 g/mol. The van der Waals surface area contributed by atoms with Gasteiger partial charge < -0.3 is 5.11 Å². The van der Waals surface area contributed by atoms with Gasteiger partial charge in [0.15, 0.2) is 0 Å². The van der Waals surface area contributed by atoms with Gasteiger partial charge in [0.05, 0.1) is 5.60 Å². The molecule has 106 valence electrons. The third-order valence-electron chi connectivity index (χ3n) is 4.33. The Labute approximate surface area is 115 Å². The molecule has 0 heterocycles. The first-order valence-electron chi connectivity index (χ1n) is 7.40. The summed E-state index contributed by atoms with van der Waals surface area (Å²) in [5, 5.41) is 11.0. The zero-order chi connectivity index (χ0) is 14.0. The fourth-order valence-electron chi connectivity index (χ4n) is 3.57. The lowest BCUT2D eigenvalue weighted by molar-refractivity contribution is -0.0251. The Bertz CT molecular complexity index is 441. The van der Waals surface area contributed by atoms with Crippen LogP contribution in [0.1, 0.15) is 57.1 Å². The highest BCUT2D eigenvalue weighted by Crippen LogP contribution is 2.43. The van der Waals surface area contributed by atoms with Crippen molar-refractivity contribution < 1.29 is 9.50 Å². The summed E-state index contributed by atoms with van der Waals surface area (Å²) in [4.78, 5) is 0. The number of benzene rings is 1. The van der Waals surface area contributed by atoms with Gasteiger partial charge in [0, 0.05) is 0 Å². The van der Waals surface area contributed by atoms with Gasteiger partial charge >= 0.3 is 0 Å². The van der Waals surface area contributed by atoms with Gasteiger partial charge in [0.25, 0.3) is 0 Å². The van der Waals surface area contributed by atoms with Gasteiger partial charge in [-0.15, -0.1) is 0 Å². The summed E-state index contributed by atoms with van der Waals surface area (Å²) >= 11 is 0. The SMILES string of the molecule is Cc1ccc(F)cc1C1(O)CCCC(CC(C)C)C1. The second-order valence-electron chi connectivity index (χ2n) is 6.58. The smallest absolute Gasteiger partial charge is 0.123 e. The van der Waals surface area contributed by atoms with Crippen LogP contribution < -0.4 is 0 Å². The van der Waals surface area contributed by atoms with Crippen LogP contribution in [-0.4, -0.2) is 5.11 Å². The van der Waals surface area contributed by atoms with Gasteiger partial charge in [-0.05, 0) is 67.7 Å². The lowest BCUT2D eigenvalue weighted by Crippen LogP contribution is -2.34. The van der Waals surface area contributed by atoms with E-state index in [0.717, 1.165) is 36.8 Å². The number of hydrogen-bond acceptors (Lipinski definition) is 1. The average Bonchev–Trinajstić information content (AvgIpc) is 2.31. The van der Waals surface area contributed by atoms with Gasteiger partial charge in [-0.3, -0.25) is 0 Å². The molecule has 1 saturated carbocycles. The normalized spacial score (nSPS) is 27.8. The molecule has 0 aromatic heterocycles. The zero-order valence-corrected chi connectivity index (χ0v) is 12.2. The van der Waals surface area contributed by atoms with E-state index in [2.05, 4.69) is 13.8 Å². The molecule has 1 aromatic rings. The van der Waals surface area contributed by atoms with Crippen LogP contribution in [0.25, 0.3) is 0 Å². The van der Waals surface area contributed by atoms with Gasteiger partial charge in [-0.2, -0.15) is 0 Å². The summed E-state index contributed by atoms with van der Waals surface area (Å²) in [7, 11) is 0. The molecule has 1 aliphatic carbocycles. The standard InChI is InChI=1S/C17H25FO/c1-12(2)9-14-5-4-8-17(19,11-14)16-10-15(18)7-6-13(16)3/h6-7,10,12,14,19H,4-5,8-9,11H2,1-3H3. The minimum Gasteiger partial charge on any atom is -0.385 e. The molecule has 0 bridgehead atoms. The highest BCUT2D eigenvalue weighted by atomic mass is 19.1. The van der Waals surface area contributed by atoms with Crippen molar-refractivity contribution in [2.75, 3.05) is 0 Å². The fourth-order valence-corrected chi connectivity index (χ4v) is 3.57. The molecule has 2 heteroatoms. The predicted molar refractivity (Wildman–Crippen MR) is 76.4 cm³/mol. The first kappa shape index (κ1) is 14.5. The molecule has 0 radical (unpaired) electrons. The van der Waals surface area contributed by atoms with E-state index in [4.69, 9.17) is 0 Å².